The molecule has 0 N–H and O–H groups in total. The van der Waals surface area contributed by atoms with Gasteiger partial charge in [0.1, 0.15) is 0 Å². The van der Waals surface area contributed by atoms with Crippen molar-refractivity contribution in [1.82, 2.24) is 19.6 Å². The fourth-order valence-corrected chi connectivity index (χ4v) is 2.45. The lowest BCUT2D eigenvalue weighted by molar-refractivity contribution is 0.0983. The van der Waals surface area contributed by atoms with Gasteiger partial charge in [0.15, 0.2) is 0 Å². The summed E-state index contributed by atoms with van der Waals surface area (Å²) >= 11 is 0. The lowest BCUT2D eigenvalue weighted by Crippen LogP contribution is -2.27. The lowest BCUT2D eigenvalue weighted by Gasteiger charge is -2.21. The van der Waals surface area contributed by atoms with Crippen molar-refractivity contribution in [3.63, 3.8) is 0 Å². The highest BCUT2D eigenvalue weighted by atomic mass is 16.2. The van der Waals surface area contributed by atoms with Crippen LogP contribution in [-0.4, -0.2) is 32.5 Å². The predicted octanol–water partition coefficient (Wildman–Crippen LogP) is 3.01. The first-order chi connectivity index (χ1) is 11.3. The highest BCUT2D eigenvalue weighted by molar-refractivity contribution is 6.03. The fourth-order valence-electron chi connectivity index (χ4n) is 2.45. The van der Waals surface area contributed by atoms with Crippen LogP contribution in [-0.2, 0) is 5.41 Å². The van der Waals surface area contributed by atoms with Crippen molar-refractivity contribution in [2.75, 3.05) is 11.9 Å². The molecular weight excluding hydrogens is 302 g/mol. The van der Waals surface area contributed by atoms with Gasteiger partial charge in [-0.1, -0.05) is 32.9 Å². The average molecular weight is 323 g/mol. The van der Waals surface area contributed by atoms with Crippen LogP contribution >= 0.6 is 0 Å². The van der Waals surface area contributed by atoms with Gasteiger partial charge in [0.2, 0.25) is 5.82 Å². The van der Waals surface area contributed by atoms with Crippen molar-refractivity contribution in [2.45, 2.75) is 33.1 Å². The molecular formula is C18H21N5O. The van der Waals surface area contributed by atoms with Crippen LogP contribution in [0.4, 0.5) is 5.69 Å². The minimum atomic E-state index is -0.261. The van der Waals surface area contributed by atoms with Gasteiger partial charge in [-0.05, 0) is 36.1 Å². The van der Waals surface area contributed by atoms with Crippen molar-refractivity contribution in [1.29, 1.82) is 0 Å². The highest BCUT2D eigenvalue weighted by Crippen LogP contribution is 2.25. The molecule has 0 saturated heterocycles. The van der Waals surface area contributed by atoms with Crippen molar-refractivity contribution in [3.05, 3.63) is 53.6 Å². The van der Waals surface area contributed by atoms with Gasteiger partial charge < -0.3 is 4.90 Å². The number of benzene rings is 1. The van der Waals surface area contributed by atoms with Gasteiger partial charge >= 0.3 is 0 Å². The summed E-state index contributed by atoms with van der Waals surface area (Å²) in [5.41, 5.74) is 2.98. The molecule has 24 heavy (non-hydrogen) atoms. The number of aromatic nitrogens is 4. The summed E-state index contributed by atoms with van der Waals surface area (Å²) in [5, 5.41) is 4.27. The summed E-state index contributed by atoms with van der Waals surface area (Å²) in [6.07, 6.45) is 1.66. The molecule has 0 radical (unpaired) electrons. The Morgan fingerprint density at radius 1 is 1.12 bits per heavy atom. The minimum Gasteiger partial charge on any atom is -0.309 e. The first-order valence-corrected chi connectivity index (χ1v) is 7.84. The largest absolute Gasteiger partial charge is 0.309 e. The summed E-state index contributed by atoms with van der Waals surface area (Å²) in [7, 11) is 1.72. The summed E-state index contributed by atoms with van der Waals surface area (Å²) in [5.74, 6) is 0.303. The smallest absolute Gasteiger partial charge is 0.297 e. The maximum absolute atomic E-state index is 12.7. The molecule has 0 fully saturated rings. The summed E-state index contributed by atoms with van der Waals surface area (Å²) in [6, 6.07) is 9.80. The third kappa shape index (κ3) is 2.87. The van der Waals surface area contributed by atoms with Gasteiger partial charge in [0.05, 0.1) is 0 Å². The van der Waals surface area contributed by atoms with Crippen molar-refractivity contribution < 1.29 is 4.79 Å². The number of carbonyl (C=O) groups excluding carboxylic acids is 1. The minimum absolute atomic E-state index is 0.0768. The number of carbonyl (C=O) groups is 1. The van der Waals surface area contributed by atoms with E-state index in [1.54, 1.807) is 22.7 Å². The first-order valence-electron chi connectivity index (χ1n) is 7.84. The van der Waals surface area contributed by atoms with Gasteiger partial charge in [0.25, 0.3) is 11.7 Å². The molecule has 0 aliphatic heterocycles. The lowest BCUT2D eigenvalue weighted by atomic mass is 9.87. The van der Waals surface area contributed by atoms with Crippen LogP contribution in [0.15, 0.2) is 36.5 Å². The van der Waals surface area contributed by atoms with E-state index in [9.17, 15) is 4.79 Å². The Balaban J connectivity index is 1.89. The van der Waals surface area contributed by atoms with Crippen LogP contribution in [0.25, 0.3) is 5.78 Å². The van der Waals surface area contributed by atoms with Crippen LogP contribution in [0.3, 0.4) is 0 Å². The third-order valence-electron chi connectivity index (χ3n) is 4.05. The Kier molecular flexibility index (Phi) is 3.83. The van der Waals surface area contributed by atoms with E-state index in [1.165, 1.54) is 5.56 Å². The van der Waals surface area contributed by atoms with Crippen LogP contribution < -0.4 is 4.90 Å². The normalized spacial score (nSPS) is 11.7. The van der Waals surface area contributed by atoms with E-state index in [0.717, 1.165) is 11.4 Å². The average Bonchev–Trinajstić information content (AvgIpc) is 2.98. The number of anilines is 1. The molecule has 0 unspecified atom stereocenters. The predicted molar refractivity (Wildman–Crippen MR) is 93.4 cm³/mol. The molecule has 2 heterocycles. The third-order valence-corrected chi connectivity index (χ3v) is 4.05. The molecule has 1 amide bonds. The number of fused-ring (bicyclic) bond motifs is 1. The SMILES string of the molecule is Cc1ccnc2nc(C(=O)N(C)c3ccc(C(C)(C)C)cc3)nn12. The molecule has 2 aromatic heterocycles. The summed E-state index contributed by atoms with van der Waals surface area (Å²) in [4.78, 5) is 22.6. The molecule has 1 aromatic carbocycles. The first kappa shape index (κ1) is 16.1. The Bertz CT molecular complexity index is 890. The van der Waals surface area contributed by atoms with Crippen LogP contribution in [0.5, 0.6) is 0 Å². The quantitative estimate of drug-likeness (QED) is 0.727. The number of rotatable bonds is 2. The Morgan fingerprint density at radius 2 is 1.79 bits per heavy atom. The van der Waals surface area contributed by atoms with Crippen molar-refractivity contribution in [3.8, 4) is 0 Å². The maximum Gasteiger partial charge on any atom is 0.297 e. The highest BCUT2D eigenvalue weighted by Gasteiger charge is 2.20. The maximum atomic E-state index is 12.7. The Morgan fingerprint density at radius 3 is 2.38 bits per heavy atom. The standard InChI is InChI=1S/C18H21N5O/c1-12-10-11-19-17-20-15(21-23(12)17)16(24)22(5)14-8-6-13(7-9-14)18(2,3)4/h6-11H,1-5H3. The van der Waals surface area contributed by atoms with Gasteiger partial charge in [-0.2, -0.15) is 4.98 Å². The second-order valence-electron chi connectivity index (χ2n) is 6.89. The summed E-state index contributed by atoms with van der Waals surface area (Å²) in [6.45, 7) is 8.37. The molecule has 0 aliphatic carbocycles. The topological polar surface area (TPSA) is 63.4 Å². The zero-order valence-electron chi connectivity index (χ0n) is 14.6. The second-order valence-corrected chi connectivity index (χ2v) is 6.89. The van der Waals surface area contributed by atoms with E-state index in [4.69, 9.17) is 0 Å². The molecule has 3 rings (SSSR count). The fraction of sp³-hybridized carbons (Fsp3) is 0.333. The van der Waals surface area contributed by atoms with Crippen molar-refractivity contribution in [2.24, 2.45) is 0 Å². The zero-order chi connectivity index (χ0) is 17.5. The number of nitrogens with zero attached hydrogens (tertiary/aromatic N) is 5. The number of amides is 1. The Hall–Kier alpha value is -2.76. The van der Waals surface area contributed by atoms with E-state index in [0.29, 0.717) is 5.78 Å². The second kappa shape index (κ2) is 5.70. The van der Waals surface area contributed by atoms with E-state index in [-0.39, 0.29) is 17.1 Å². The summed E-state index contributed by atoms with van der Waals surface area (Å²) < 4.78 is 1.57. The number of hydrogen-bond donors (Lipinski definition) is 0. The van der Waals surface area contributed by atoms with E-state index in [2.05, 4.69) is 35.8 Å². The molecule has 0 saturated carbocycles. The molecule has 0 aliphatic rings. The molecule has 124 valence electrons. The van der Waals surface area contributed by atoms with Crippen molar-refractivity contribution >= 4 is 17.4 Å². The zero-order valence-corrected chi connectivity index (χ0v) is 14.6. The molecule has 0 spiro atoms. The van der Waals surface area contributed by atoms with E-state index >= 15 is 0 Å². The van der Waals surface area contributed by atoms with E-state index < -0.39 is 0 Å². The van der Waals surface area contributed by atoms with Crippen LogP contribution in [0.1, 0.15) is 42.6 Å². The van der Waals surface area contributed by atoms with Gasteiger partial charge in [-0.25, -0.2) is 9.50 Å². The molecule has 3 aromatic rings. The van der Waals surface area contributed by atoms with Crippen LogP contribution in [0.2, 0.25) is 0 Å². The van der Waals surface area contributed by atoms with Gasteiger partial charge in [-0.3, -0.25) is 4.79 Å². The molecule has 0 atom stereocenters. The van der Waals surface area contributed by atoms with Gasteiger partial charge in [0, 0.05) is 24.6 Å². The van der Waals surface area contributed by atoms with Crippen LogP contribution in [0, 0.1) is 6.92 Å². The number of hydrogen-bond acceptors (Lipinski definition) is 4. The number of aryl methyl sites for hydroxylation is 1. The Labute approximate surface area is 141 Å². The van der Waals surface area contributed by atoms with E-state index in [1.807, 2.05) is 37.3 Å². The monoisotopic (exact) mass is 323 g/mol. The van der Waals surface area contributed by atoms with Gasteiger partial charge in [-0.15, -0.1) is 5.10 Å². The molecule has 6 nitrogen and oxygen atoms in total. The molecule has 0 bridgehead atoms. The molecule has 6 heteroatoms.